The predicted octanol–water partition coefficient (Wildman–Crippen LogP) is 5.36. The lowest BCUT2D eigenvalue weighted by Crippen LogP contribution is -2.37. The van der Waals surface area contributed by atoms with Crippen molar-refractivity contribution in [1.29, 1.82) is 0 Å². The van der Waals surface area contributed by atoms with E-state index in [0.717, 1.165) is 28.6 Å². The number of rotatable bonds is 8. The second kappa shape index (κ2) is 10.3. The van der Waals surface area contributed by atoms with Gasteiger partial charge in [-0.3, -0.25) is 9.69 Å². The first-order valence-electron chi connectivity index (χ1n) is 12.7. The number of hydrogen-bond acceptors (Lipinski definition) is 6. The summed E-state index contributed by atoms with van der Waals surface area (Å²) >= 11 is 0. The maximum absolute atomic E-state index is 13.7. The minimum absolute atomic E-state index is 0.223. The first kappa shape index (κ1) is 25.5. The van der Waals surface area contributed by atoms with Crippen LogP contribution in [-0.4, -0.2) is 30.1 Å². The molecule has 0 saturated carbocycles. The molecule has 2 aromatic carbocycles. The number of nitrogens with zero attached hydrogens (tertiary/aromatic N) is 5. The van der Waals surface area contributed by atoms with Gasteiger partial charge in [0, 0.05) is 17.6 Å². The normalized spacial score (nSPS) is 12.9. The second-order valence-electron chi connectivity index (χ2n) is 10.5. The number of nitrogens with one attached hydrogen (secondary N) is 1. The first-order valence-corrected chi connectivity index (χ1v) is 12.7. The molecule has 0 radical (unpaired) electrons. The largest absolute Gasteiger partial charge is 0.468 e. The summed E-state index contributed by atoms with van der Waals surface area (Å²) in [5.74, 6) is 0.942. The Kier molecular flexibility index (Phi) is 6.94. The molecule has 38 heavy (non-hydrogen) atoms. The van der Waals surface area contributed by atoms with Gasteiger partial charge in [0.1, 0.15) is 17.6 Å². The molecule has 0 unspecified atom stereocenters. The summed E-state index contributed by atoms with van der Waals surface area (Å²) in [6.45, 7) is 8.91. The topological polar surface area (TPSA) is 92.8 Å². The molecule has 0 aliphatic rings. The number of hydrogen-bond donors (Lipinski definition) is 1. The van der Waals surface area contributed by atoms with Crippen LogP contribution in [0.4, 0.5) is 4.39 Å². The number of benzene rings is 2. The van der Waals surface area contributed by atoms with E-state index in [2.05, 4.69) is 38.4 Å². The van der Waals surface area contributed by atoms with E-state index in [-0.39, 0.29) is 11.4 Å². The lowest BCUT2D eigenvalue weighted by molar-refractivity contribution is 0.171. The van der Waals surface area contributed by atoms with Gasteiger partial charge in [0.15, 0.2) is 5.82 Å². The van der Waals surface area contributed by atoms with Gasteiger partial charge in [0.25, 0.3) is 5.56 Å². The highest BCUT2D eigenvalue weighted by molar-refractivity contribution is 5.80. The third-order valence-corrected chi connectivity index (χ3v) is 6.62. The Morgan fingerprint density at radius 1 is 1.05 bits per heavy atom. The highest BCUT2D eigenvalue weighted by Gasteiger charge is 2.34. The molecule has 1 atom stereocenters. The van der Waals surface area contributed by atoms with E-state index in [0.29, 0.717) is 24.5 Å². The van der Waals surface area contributed by atoms with Gasteiger partial charge in [0.2, 0.25) is 0 Å². The monoisotopic (exact) mass is 514 g/mol. The van der Waals surface area contributed by atoms with E-state index >= 15 is 0 Å². The SMILES string of the molecule is CCc1ccc2[nH]c(=O)c([C@H](c3nnnn3C(C)(C)C)N(Cc3ccc(F)cc3)Cc3ccco3)cc2c1. The molecule has 5 rings (SSSR count). The lowest BCUT2D eigenvalue weighted by atomic mass is 10.00. The number of aryl methyl sites for hydroxylation is 1. The molecular formula is C29H31FN6O2. The molecule has 1 N–H and O–H groups in total. The molecule has 0 saturated heterocycles. The molecule has 9 heteroatoms. The van der Waals surface area contributed by atoms with Crippen LogP contribution >= 0.6 is 0 Å². The van der Waals surface area contributed by atoms with Crippen molar-refractivity contribution in [2.45, 2.75) is 58.8 Å². The summed E-state index contributed by atoms with van der Waals surface area (Å²) in [5, 5.41) is 13.7. The van der Waals surface area contributed by atoms with Gasteiger partial charge in [0.05, 0.1) is 18.3 Å². The Bertz CT molecular complexity index is 1580. The fraction of sp³-hybridized carbons (Fsp3) is 0.310. The number of tetrazole rings is 1. The van der Waals surface area contributed by atoms with E-state index in [4.69, 9.17) is 4.42 Å². The van der Waals surface area contributed by atoms with Gasteiger partial charge in [-0.15, -0.1) is 5.10 Å². The van der Waals surface area contributed by atoms with Crippen molar-refractivity contribution >= 4 is 10.9 Å². The van der Waals surface area contributed by atoms with Crippen molar-refractivity contribution in [2.75, 3.05) is 0 Å². The molecular weight excluding hydrogens is 483 g/mol. The molecule has 3 heterocycles. The van der Waals surface area contributed by atoms with Crippen molar-refractivity contribution in [3.8, 4) is 0 Å². The molecule has 0 fully saturated rings. The molecule has 0 aliphatic carbocycles. The lowest BCUT2D eigenvalue weighted by Gasteiger charge is -2.32. The number of halogens is 1. The van der Waals surface area contributed by atoms with Crippen LogP contribution in [0.3, 0.4) is 0 Å². The first-order chi connectivity index (χ1) is 18.2. The van der Waals surface area contributed by atoms with Crippen LogP contribution < -0.4 is 5.56 Å². The van der Waals surface area contributed by atoms with Crippen LogP contribution in [0.1, 0.15) is 62.0 Å². The third kappa shape index (κ3) is 5.28. The fourth-order valence-electron chi connectivity index (χ4n) is 4.70. The van der Waals surface area contributed by atoms with E-state index in [1.165, 1.54) is 17.7 Å². The van der Waals surface area contributed by atoms with E-state index in [1.807, 2.05) is 51.1 Å². The average molecular weight is 515 g/mol. The van der Waals surface area contributed by atoms with Crippen molar-refractivity contribution < 1.29 is 8.81 Å². The van der Waals surface area contributed by atoms with E-state index in [1.54, 1.807) is 23.1 Å². The van der Waals surface area contributed by atoms with Crippen LogP contribution in [0.5, 0.6) is 0 Å². The number of aromatic nitrogens is 5. The van der Waals surface area contributed by atoms with Gasteiger partial charge in [-0.25, -0.2) is 9.07 Å². The minimum atomic E-state index is -0.627. The van der Waals surface area contributed by atoms with Gasteiger partial charge >= 0.3 is 0 Å². The van der Waals surface area contributed by atoms with Crippen molar-refractivity contribution in [3.63, 3.8) is 0 Å². The molecule has 0 aliphatic heterocycles. The summed E-state index contributed by atoms with van der Waals surface area (Å²) in [7, 11) is 0. The minimum Gasteiger partial charge on any atom is -0.468 e. The highest BCUT2D eigenvalue weighted by Crippen LogP contribution is 2.32. The summed E-state index contributed by atoms with van der Waals surface area (Å²) < 4.78 is 21.2. The quantitative estimate of drug-likeness (QED) is 0.300. The zero-order chi connectivity index (χ0) is 26.9. The van der Waals surface area contributed by atoms with Crippen LogP contribution in [-0.2, 0) is 25.0 Å². The van der Waals surface area contributed by atoms with Crippen molar-refractivity contribution in [3.05, 3.63) is 111 Å². The van der Waals surface area contributed by atoms with Gasteiger partial charge in [-0.05, 0) is 96.6 Å². The Morgan fingerprint density at radius 2 is 1.82 bits per heavy atom. The molecule has 3 aromatic heterocycles. The summed E-state index contributed by atoms with van der Waals surface area (Å²) in [4.78, 5) is 18.8. The standard InChI is InChI=1S/C29H31FN6O2/c1-5-19-10-13-25-21(15-19)16-24(28(37)31-25)26(27-32-33-34-36(27)29(2,3)4)35(18-23-7-6-14-38-23)17-20-8-11-22(30)12-9-20/h6-16,26H,5,17-18H2,1-4H3,(H,31,37)/t26-/m1/s1. The maximum Gasteiger partial charge on any atom is 0.253 e. The number of H-pyrrole nitrogens is 1. The zero-order valence-electron chi connectivity index (χ0n) is 22.0. The molecule has 0 bridgehead atoms. The van der Waals surface area contributed by atoms with Crippen molar-refractivity contribution in [1.82, 2.24) is 30.1 Å². The van der Waals surface area contributed by atoms with Crippen LogP contribution in [0.2, 0.25) is 0 Å². The summed E-state index contributed by atoms with van der Waals surface area (Å²) in [5.41, 5.74) is 2.66. The number of pyridine rings is 1. The maximum atomic E-state index is 13.7. The zero-order valence-corrected chi connectivity index (χ0v) is 22.0. The second-order valence-corrected chi connectivity index (χ2v) is 10.5. The Labute approximate surface area is 220 Å². The summed E-state index contributed by atoms with van der Waals surface area (Å²) in [6.07, 6.45) is 2.50. The number of fused-ring (bicyclic) bond motifs is 1. The Balaban J connectivity index is 1.72. The Morgan fingerprint density at radius 3 is 2.50 bits per heavy atom. The van der Waals surface area contributed by atoms with Gasteiger partial charge < -0.3 is 9.40 Å². The molecule has 8 nitrogen and oxygen atoms in total. The van der Waals surface area contributed by atoms with E-state index < -0.39 is 11.6 Å². The number of furan rings is 1. The Hall–Kier alpha value is -4.11. The molecule has 0 spiro atoms. The highest BCUT2D eigenvalue weighted by atomic mass is 19.1. The molecule has 0 amide bonds. The number of aromatic amines is 1. The summed E-state index contributed by atoms with van der Waals surface area (Å²) in [6, 6.07) is 17.4. The molecule has 5 aromatic rings. The van der Waals surface area contributed by atoms with Crippen LogP contribution in [0.15, 0.2) is 76.1 Å². The average Bonchev–Trinajstić information content (AvgIpc) is 3.58. The molecule has 196 valence electrons. The van der Waals surface area contributed by atoms with Crippen LogP contribution in [0.25, 0.3) is 10.9 Å². The van der Waals surface area contributed by atoms with Gasteiger partial charge in [-0.1, -0.05) is 25.1 Å². The fourth-order valence-corrected chi connectivity index (χ4v) is 4.70. The predicted molar refractivity (Wildman–Crippen MR) is 143 cm³/mol. The van der Waals surface area contributed by atoms with E-state index in [9.17, 15) is 9.18 Å². The van der Waals surface area contributed by atoms with Gasteiger partial charge in [-0.2, -0.15) is 0 Å². The smallest absolute Gasteiger partial charge is 0.253 e. The third-order valence-electron chi connectivity index (χ3n) is 6.62. The van der Waals surface area contributed by atoms with Crippen LogP contribution in [0, 0.1) is 5.82 Å². The van der Waals surface area contributed by atoms with Crippen molar-refractivity contribution in [2.24, 2.45) is 0 Å².